The van der Waals surface area contributed by atoms with Crippen molar-refractivity contribution in [1.82, 2.24) is 19.6 Å². The Morgan fingerprint density at radius 2 is 2.23 bits per heavy atom. The zero-order valence-electron chi connectivity index (χ0n) is 12.8. The van der Waals surface area contributed by atoms with Gasteiger partial charge in [-0.25, -0.2) is 0 Å². The molecule has 8 nitrogen and oxygen atoms in total. The number of likely N-dealkylation sites (tertiary alicyclic amines) is 2. The molecule has 0 bridgehead atoms. The number of carbonyl (C=O) groups is 1. The van der Waals surface area contributed by atoms with Crippen LogP contribution in [0.2, 0.25) is 0 Å². The molecule has 0 aromatic carbocycles. The number of carbonyl (C=O) groups excluding carboxylic acids is 1. The van der Waals surface area contributed by atoms with E-state index in [-0.39, 0.29) is 23.6 Å². The molecule has 1 spiro atoms. The second kappa shape index (κ2) is 5.68. The number of hydrogen-bond acceptors (Lipinski definition) is 5. The lowest BCUT2D eigenvalue weighted by Crippen LogP contribution is -2.44. The number of hydrogen-bond donors (Lipinski definition) is 0. The van der Waals surface area contributed by atoms with Gasteiger partial charge in [-0.2, -0.15) is 5.10 Å². The van der Waals surface area contributed by atoms with E-state index in [2.05, 4.69) is 17.0 Å². The summed E-state index contributed by atoms with van der Waals surface area (Å²) in [7, 11) is 2.13. The Hall–Kier alpha value is -1.96. The van der Waals surface area contributed by atoms with Crippen LogP contribution in [0.4, 0.5) is 5.69 Å². The molecule has 2 aliphatic heterocycles. The molecule has 3 rings (SSSR count). The van der Waals surface area contributed by atoms with Gasteiger partial charge in [0.15, 0.2) is 0 Å². The number of nitro groups is 1. The first-order valence-corrected chi connectivity index (χ1v) is 7.61. The van der Waals surface area contributed by atoms with Crippen molar-refractivity contribution in [2.75, 3.05) is 33.2 Å². The second-order valence-electron chi connectivity index (χ2n) is 6.56. The molecule has 0 aliphatic carbocycles. The fourth-order valence-electron chi connectivity index (χ4n) is 3.71. The minimum absolute atomic E-state index is 0.0110. The van der Waals surface area contributed by atoms with Crippen LogP contribution in [0.15, 0.2) is 12.4 Å². The fraction of sp³-hybridized carbons (Fsp3) is 0.714. The zero-order chi connectivity index (χ0) is 15.7. The molecule has 1 aromatic rings. The molecule has 0 N–H and O–H groups in total. The standard InChI is InChI=1S/C14H21N5O3/c1-16-5-2-3-14(10-16)4-6-17(11-14)13(20)9-18-8-12(7-15-18)19(21)22/h7-8H,2-6,9-11H2,1H3. The quantitative estimate of drug-likeness (QED) is 0.607. The average molecular weight is 307 g/mol. The maximum atomic E-state index is 12.4. The molecule has 0 radical (unpaired) electrons. The van der Waals surface area contributed by atoms with Gasteiger partial charge in [-0.3, -0.25) is 19.6 Å². The summed E-state index contributed by atoms with van der Waals surface area (Å²) in [5, 5.41) is 14.5. The number of aromatic nitrogens is 2. The third-order valence-corrected chi connectivity index (χ3v) is 4.77. The predicted molar refractivity (Wildman–Crippen MR) is 79.2 cm³/mol. The summed E-state index contributed by atoms with van der Waals surface area (Å²) in [5.41, 5.74) is 0.151. The summed E-state index contributed by atoms with van der Waals surface area (Å²) in [6.45, 7) is 3.81. The number of nitrogens with zero attached hydrogens (tertiary/aromatic N) is 5. The summed E-state index contributed by atoms with van der Waals surface area (Å²) in [4.78, 5) is 26.7. The Kier molecular flexibility index (Phi) is 3.86. The summed E-state index contributed by atoms with van der Waals surface area (Å²) in [6.07, 6.45) is 5.88. The molecule has 0 saturated carbocycles. The molecule has 2 saturated heterocycles. The minimum atomic E-state index is -0.503. The molecule has 120 valence electrons. The minimum Gasteiger partial charge on any atom is -0.340 e. The average Bonchev–Trinajstić information content (AvgIpc) is 3.06. The van der Waals surface area contributed by atoms with Crippen molar-refractivity contribution in [3.63, 3.8) is 0 Å². The van der Waals surface area contributed by atoms with Gasteiger partial charge in [-0.1, -0.05) is 0 Å². The highest BCUT2D eigenvalue weighted by molar-refractivity contribution is 5.76. The van der Waals surface area contributed by atoms with Gasteiger partial charge in [-0.05, 0) is 32.9 Å². The number of rotatable bonds is 3. The van der Waals surface area contributed by atoms with E-state index in [0.717, 1.165) is 32.6 Å². The molecule has 2 fully saturated rings. The Labute approximate surface area is 128 Å². The lowest BCUT2D eigenvalue weighted by molar-refractivity contribution is -0.385. The van der Waals surface area contributed by atoms with Crippen LogP contribution in [0.3, 0.4) is 0 Å². The van der Waals surface area contributed by atoms with Crippen LogP contribution in [0, 0.1) is 15.5 Å². The van der Waals surface area contributed by atoms with Crippen LogP contribution >= 0.6 is 0 Å². The molecule has 22 heavy (non-hydrogen) atoms. The fourth-order valence-corrected chi connectivity index (χ4v) is 3.71. The van der Waals surface area contributed by atoms with Crippen LogP contribution < -0.4 is 0 Å². The molecule has 1 atom stereocenters. The third-order valence-electron chi connectivity index (χ3n) is 4.77. The Bertz CT molecular complexity index is 587. The smallest absolute Gasteiger partial charge is 0.307 e. The molecular weight excluding hydrogens is 286 g/mol. The molecule has 1 amide bonds. The van der Waals surface area contributed by atoms with Crippen molar-refractivity contribution in [3.05, 3.63) is 22.5 Å². The number of piperidine rings is 1. The molecule has 1 aromatic heterocycles. The summed E-state index contributed by atoms with van der Waals surface area (Å²) >= 11 is 0. The van der Waals surface area contributed by atoms with Gasteiger partial charge in [0, 0.05) is 25.0 Å². The first kappa shape index (κ1) is 15.0. The van der Waals surface area contributed by atoms with Gasteiger partial charge in [0.05, 0.1) is 4.92 Å². The SMILES string of the molecule is CN1CCCC2(CCN(C(=O)Cn3cc([N+](=O)[O-])cn3)C2)C1. The van der Waals surface area contributed by atoms with Crippen molar-refractivity contribution < 1.29 is 9.72 Å². The van der Waals surface area contributed by atoms with Crippen molar-refractivity contribution in [2.45, 2.75) is 25.8 Å². The Morgan fingerprint density at radius 1 is 1.41 bits per heavy atom. The van der Waals surface area contributed by atoms with Gasteiger partial charge in [0.1, 0.15) is 18.9 Å². The molecule has 8 heteroatoms. The normalized spacial score (nSPS) is 25.8. The van der Waals surface area contributed by atoms with Crippen molar-refractivity contribution in [3.8, 4) is 0 Å². The predicted octanol–water partition coefficient (Wildman–Crippen LogP) is 0.736. The largest absolute Gasteiger partial charge is 0.340 e. The van der Waals surface area contributed by atoms with E-state index >= 15 is 0 Å². The van der Waals surface area contributed by atoms with E-state index in [4.69, 9.17) is 0 Å². The van der Waals surface area contributed by atoms with E-state index in [1.807, 2.05) is 4.90 Å². The zero-order valence-corrected chi connectivity index (χ0v) is 12.8. The maximum Gasteiger partial charge on any atom is 0.307 e. The topological polar surface area (TPSA) is 84.5 Å². The monoisotopic (exact) mass is 307 g/mol. The van der Waals surface area contributed by atoms with Crippen molar-refractivity contribution >= 4 is 11.6 Å². The maximum absolute atomic E-state index is 12.4. The molecule has 1 unspecified atom stereocenters. The van der Waals surface area contributed by atoms with Crippen LogP contribution in [-0.2, 0) is 11.3 Å². The first-order valence-electron chi connectivity index (χ1n) is 7.61. The third kappa shape index (κ3) is 2.96. The van der Waals surface area contributed by atoms with E-state index in [1.165, 1.54) is 29.9 Å². The summed E-state index contributed by atoms with van der Waals surface area (Å²) < 4.78 is 1.35. The Morgan fingerprint density at radius 3 is 2.91 bits per heavy atom. The van der Waals surface area contributed by atoms with E-state index < -0.39 is 4.92 Å². The molecular formula is C14H21N5O3. The van der Waals surface area contributed by atoms with E-state index in [0.29, 0.717) is 0 Å². The van der Waals surface area contributed by atoms with Gasteiger partial charge in [0.2, 0.25) is 5.91 Å². The highest BCUT2D eigenvalue weighted by atomic mass is 16.6. The van der Waals surface area contributed by atoms with Crippen LogP contribution in [0.1, 0.15) is 19.3 Å². The lowest BCUT2D eigenvalue weighted by Gasteiger charge is -2.38. The molecule has 3 heterocycles. The van der Waals surface area contributed by atoms with Crippen molar-refractivity contribution in [2.24, 2.45) is 5.41 Å². The summed E-state index contributed by atoms with van der Waals surface area (Å²) in [5.74, 6) is -0.0110. The van der Waals surface area contributed by atoms with Gasteiger partial charge < -0.3 is 9.80 Å². The highest BCUT2D eigenvalue weighted by Crippen LogP contribution is 2.38. The molecule has 2 aliphatic rings. The van der Waals surface area contributed by atoms with E-state index in [1.54, 1.807) is 0 Å². The number of amides is 1. The second-order valence-corrected chi connectivity index (χ2v) is 6.56. The van der Waals surface area contributed by atoms with Crippen LogP contribution in [-0.4, -0.2) is 63.6 Å². The van der Waals surface area contributed by atoms with Crippen molar-refractivity contribution in [1.29, 1.82) is 0 Å². The van der Waals surface area contributed by atoms with Gasteiger partial charge in [-0.15, -0.1) is 0 Å². The Balaban J connectivity index is 1.60. The van der Waals surface area contributed by atoms with Crippen LogP contribution in [0.5, 0.6) is 0 Å². The van der Waals surface area contributed by atoms with Gasteiger partial charge in [0.25, 0.3) is 0 Å². The lowest BCUT2D eigenvalue weighted by atomic mass is 9.79. The highest BCUT2D eigenvalue weighted by Gasteiger charge is 2.41. The van der Waals surface area contributed by atoms with Crippen LogP contribution in [0.25, 0.3) is 0 Å². The first-order chi connectivity index (χ1) is 10.5. The van der Waals surface area contributed by atoms with Gasteiger partial charge >= 0.3 is 5.69 Å². The summed E-state index contributed by atoms with van der Waals surface area (Å²) in [6, 6.07) is 0. The van der Waals surface area contributed by atoms with E-state index in [9.17, 15) is 14.9 Å².